The van der Waals surface area contributed by atoms with E-state index in [0.29, 0.717) is 12.3 Å². The summed E-state index contributed by atoms with van der Waals surface area (Å²) in [5, 5.41) is 12.7. The highest BCUT2D eigenvalue weighted by Crippen LogP contribution is 2.32. The third-order valence-corrected chi connectivity index (χ3v) is 7.10. The molecule has 2 heterocycles. The number of cyclic esters (lactones) is 2. The lowest BCUT2D eigenvalue weighted by atomic mass is 9.82. The average molecular weight is 535 g/mol. The van der Waals surface area contributed by atoms with Crippen LogP contribution in [0, 0.1) is 17.8 Å². The Hall–Kier alpha value is -3.37. The van der Waals surface area contributed by atoms with Gasteiger partial charge < -0.3 is 29.4 Å². The molecule has 0 spiro atoms. The number of methoxy groups -OCH3 is 1. The van der Waals surface area contributed by atoms with Gasteiger partial charge in [-0.25, -0.2) is 9.78 Å². The first-order valence-electron chi connectivity index (χ1n) is 13.2. The third kappa shape index (κ3) is 7.35. The minimum atomic E-state index is -1.38. The number of hydrogen-bond donors (Lipinski definition) is 2. The second kappa shape index (κ2) is 13.4. The van der Waals surface area contributed by atoms with E-state index in [9.17, 15) is 24.3 Å². The lowest BCUT2D eigenvalue weighted by Crippen LogP contribution is -2.46. The van der Waals surface area contributed by atoms with Gasteiger partial charge in [-0.15, -0.1) is 0 Å². The Morgan fingerprint density at radius 3 is 2.53 bits per heavy atom. The van der Waals surface area contributed by atoms with Gasteiger partial charge in [0, 0.05) is 12.3 Å². The quantitative estimate of drug-likeness (QED) is 0.376. The number of rotatable bonds is 8. The molecule has 11 nitrogen and oxygen atoms in total. The van der Waals surface area contributed by atoms with Crippen molar-refractivity contribution < 1.29 is 43.2 Å². The maximum atomic E-state index is 13.3. The molecule has 0 unspecified atom stereocenters. The maximum Gasteiger partial charge on any atom is 0.332 e. The molecule has 2 fully saturated rings. The highest BCUT2D eigenvalue weighted by Gasteiger charge is 2.42. The number of aromatic hydroxyl groups is 1. The fourth-order valence-corrected chi connectivity index (χ4v) is 4.85. The van der Waals surface area contributed by atoms with Gasteiger partial charge in [0.25, 0.3) is 5.91 Å². The van der Waals surface area contributed by atoms with Crippen LogP contribution in [-0.2, 0) is 28.6 Å². The fourth-order valence-electron chi connectivity index (χ4n) is 4.85. The predicted molar refractivity (Wildman–Crippen MR) is 134 cm³/mol. The topological polar surface area (TPSA) is 150 Å². The van der Waals surface area contributed by atoms with Gasteiger partial charge in [-0.1, -0.05) is 46.0 Å². The molecule has 1 saturated heterocycles. The molecule has 1 aliphatic carbocycles. The van der Waals surface area contributed by atoms with Crippen LogP contribution in [-0.4, -0.2) is 65.9 Å². The van der Waals surface area contributed by atoms with E-state index < -0.39 is 66.3 Å². The van der Waals surface area contributed by atoms with Crippen LogP contribution in [0.5, 0.6) is 11.5 Å². The Bertz CT molecular complexity index is 1010. The molecular weight excluding hydrogens is 496 g/mol. The van der Waals surface area contributed by atoms with Crippen molar-refractivity contribution in [2.75, 3.05) is 13.7 Å². The van der Waals surface area contributed by atoms with Crippen molar-refractivity contribution >= 4 is 23.8 Å². The minimum absolute atomic E-state index is 0.0258. The Kier molecular flexibility index (Phi) is 10.3. The first-order chi connectivity index (χ1) is 18.1. The van der Waals surface area contributed by atoms with E-state index in [4.69, 9.17) is 18.9 Å². The van der Waals surface area contributed by atoms with Gasteiger partial charge in [0.15, 0.2) is 29.3 Å². The predicted octanol–water partition coefficient (Wildman–Crippen LogP) is 2.93. The van der Waals surface area contributed by atoms with Gasteiger partial charge in [0.2, 0.25) is 0 Å². The lowest BCUT2D eigenvalue weighted by Gasteiger charge is -2.31. The molecule has 2 N–H and O–H groups in total. The second-order valence-electron chi connectivity index (χ2n) is 10.3. The zero-order valence-electron chi connectivity index (χ0n) is 22.4. The number of ether oxygens (including phenoxy) is 4. The number of nitrogens with one attached hydrogen (secondary N) is 1. The van der Waals surface area contributed by atoms with Crippen LogP contribution in [0.25, 0.3) is 0 Å². The Labute approximate surface area is 222 Å². The van der Waals surface area contributed by atoms with Crippen LogP contribution in [0.2, 0.25) is 0 Å². The highest BCUT2D eigenvalue weighted by atomic mass is 16.6. The maximum absolute atomic E-state index is 13.3. The Balaban J connectivity index is 1.80. The van der Waals surface area contributed by atoms with Crippen molar-refractivity contribution in [2.24, 2.45) is 17.8 Å². The molecule has 2 aliphatic rings. The minimum Gasteiger partial charge on any atom is -0.503 e. The molecule has 0 bridgehead atoms. The van der Waals surface area contributed by atoms with Crippen LogP contribution in [0.4, 0.5) is 0 Å². The molecule has 1 saturated carbocycles. The number of esters is 3. The first-order valence-corrected chi connectivity index (χ1v) is 13.2. The summed E-state index contributed by atoms with van der Waals surface area (Å²) in [6.45, 7) is 4.41. The molecule has 38 heavy (non-hydrogen) atoms. The first kappa shape index (κ1) is 29.2. The number of carbonyl (C=O) groups excluding carboxylic acids is 4. The van der Waals surface area contributed by atoms with E-state index in [1.54, 1.807) is 20.8 Å². The fraction of sp³-hybridized carbons (Fsp3) is 0.667. The Morgan fingerprint density at radius 2 is 1.87 bits per heavy atom. The third-order valence-electron chi connectivity index (χ3n) is 7.10. The largest absolute Gasteiger partial charge is 0.503 e. The molecule has 1 aromatic rings. The van der Waals surface area contributed by atoms with Gasteiger partial charge in [-0.05, 0) is 25.7 Å². The van der Waals surface area contributed by atoms with Crippen molar-refractivity contribution in [1.29, 1.82) is 0 Å². The standard InChI is InChI=1S/C27H38N2O9/c1-15(2)25(32)38-23-16(3)37-27(34)19(29-24(31)21-22(30)20(35-4)12-13-28-21)14-36-26(33)18(23)11-10-17-8-6-5-7-9-17/h12-13,15-19,23,30H,5-11,14H2,1-4H3,(H,29,31)/t16-,18+,19-,23-/m0/s1. The smallest absolute Gasteiger partial charge is 0.332 e. The number of hydrogen-bond acceptors (Lipinski definition) is 10. The molecule has 4 atom stereocenters. The van der Waals surface area contributed by atoms with Crippen molar-refractivity contribution in [1.82, 2.24) is 10.3 Å². The summed E-state index contributed by atoms with van der Waals surface area (Å²) >= 11 is 0. The van der Waals surface area contributed by atoms with Crippen LogP contribution in [0.15, 0.2) is 12.3 Å². The summed E-state index contributed by atoms with van der Waals surface area (Å²) in [5.74, 6) is -4.19. The summed E-state index contributed by atoms with van der Waals surface area (Å²) in [6.07, 6.45) is 6.11. The van der Waals surface area contributed by atoms with Crippen molar-refractivity contribution in [3.63, 3.8) is 0 Å². The summed E-state index contributed by atoms with van der Waals surface area (Å²) < 4.78 is 21.8. The molecule has 210 valence electrons. The molecule has 0 aromatic carbocycles. The normalized spacial score (nSPS) is 24.9. The number of carbonyl (C=O) groups is 4. The summed E-state index contributed by atoms with van der Waals surface area (Å²) in [7, 11) is 1.32. The highest BCUT2D eigenvalue weighted by molar-refractivity contribution is 5.98. The van der Waals surface area contributed by atoms with Gasteiger partial charge >= 0.3 is 17.9 Å². The Morgan fingerprint density at radius 1 is 1.16 bits per heavy atom. The van der Waals surface area contributed by atoms with Gasteiger partial charge in [0.05, 0.1) is 18.9 Å². The molecule has 1 aliphatic heterocycles. The number of nitrogens with zero attached hydrogens (tertiary/aromatic N) is 1. The van der Waals surface area contributed by atoms with E-state index in [-0.39, 0.29) is 11.4 Å². The SMILES string of the molecule is COc1ccnc(C(=O)N[C@H]2COC(=O)[C@H](CCC3CCCCC3)[C@@H](OC(=O)C(C)C)[C@H](C)OC2=O)c1O. The van der Waals surface area contributed by atoms with E-state index in [0.717, 1.165) is 32.1 Å². The van der Waals surface area contributed by atoms with Crippen LogP contribution in [0.1, 0.15) is 76.2 Å². The van der Waals surface area contributed by atoms with E-state index in [1.165, 1.54) is 25.8 Å². The summed E-state index contributed by atoms with van der Waals surface area (Å²) in [4.78, 5) is 55.5. The van der Waals surface area contributed by atoms with Crippen LogP contribution < -0.4 is 10.1 Å². The number of pyridine rings is 1. The molecule has 1 amide bonds. The molecule has 0 radical (unpaired) electrons. The zero-order valence-corrected chi connectivity index (χ0v) is 22.4. The van der Waals surface area contributed by atoms with Crippen LogP contribution >= 0.6 is 0 Å². The van der Waals surface area contributed by atoms with E-state index >= 15 is 0 Å². The van der Waals surface area contributed by atoms with Crippen molar-refractivity contribution in [3.8, 4) is 11.5 Å². The van der Waals surface area contributed by atoms with Gasteiger partial charge in [-0.3, -0.25) is 14.4 Å². The monoisotopic (exact) mass is 534 g/mol. The van der Waals surface area contributed by atoms with Crippen LogP contribution in [0.3, 0.4) is 0 Å². The zero-order chi connectivity index (χ0) is 27.8. The molecule has 1 aromatic heterocycles. The van der Waals surface area contributed by atoms with Gasteiger partial charge in [0.1, 0.15) is 12.7 Å². The average Bonchev–Trinajstić information content (AvgIpc) is 2.93. The number of aromatic nitrogens is 1. The lowest BCUT2D eigenvalue weighted by molar-refractivity contribution is -0.177. The number of amides is 1. The van der Waals surface area contributed by atoms with E-state index in [1.807, 2.05) is 0 Å². The second-order valence-corrected chi connectivity index (χ2v) is 10.3. The van der Waals surface area contributed by atoms with Crippen molar-refractivity contribution in [3.05, 3.63) is 18.0 Å². The van der Waals surface area contributed by atoms with E-state index in [2.05, 4.69) is 10.3 Å². The molecule has 3 rings (SSSR count). The molecule has 11 heteroatoms. The molecular formula is C27H38N2O9. The van der Waals surface area contributed by atoms with Crippen molar-refractivity contribution in [2.45, 2.75) is 84.0 Å². The summed E-state index contributed by atoms with van der Waals surface area (Å²) in [6, 6.07) is -0.00424. The summed E-state index contributed by atoms with van der Waals surface area (Å²) in [5.41, 5.74) is -0.370. The van der Waals surface area contributed by atoms with Gasteiger partial charge in [-0.2, -0.15) is 0 Å².